The highest BCUT2D eigenvalue weighted by molar-refractivity contribution is 5.83. The average molecular weight is 250 g/mol. The number of carbonyl (C=O) groups excluding carboxylic acids is 1. The van der Waals surface area contributed by atoms with E-state index in [0.717, 1.165) is 32.6 Å². The Kier molecular flexibility index (Phi) is 2.92. The average Bonchev–Trinajstić information content (AvgIpc) is 2.92. The third-order valence-electron chi connectivity index (χ3n) is 5.81. The maximum Gasteiger partial charge on any atom is 0.226 e. The van der Waals surface area contributed by atoms with Gasteiger partial charge in [-0.25, -0.2) is 0 Å². The lowest BCUT2D eigenvalue weighted by atomic mass is 9.87. The summed E-state index contributed by atoms with van der Waals surface area (Å²) in [5.41, 5.74) is 0.777. The van der Waals surface area contributed by atoms with E-state index in [1.54, 1.807) is 0 Å². The largest absolute Gasteiger partial charge is 0.342 e. The van der Waals surface area contributed by atoms with Crippen LogP contribution >= 0.6 is 0 Å². The molecule has 2 saturated heterocycles. The zero-order valence-electron chi connectivity index (χ0n) is 11.8. The van der Waals surface area contributed by atoms with Crippen molar-refractivity contribution in [3.8, 4) is 0 Å². The fraction of sp³-hybridized carbons (Fsp3) is 0.933. The molecule has 1 amide bonds. The number of nitrogens with zero attached hydrogens (tertiary/aromatic N) is 1. The number of hydrogen-bond acceptors (Lipinski definition) is 2. The van der Waals surface area contributed by atoms with Crippen molar-refractivity contribution < 1.29 is 4.79 Å². The molecule has 0 radical (unpaired) electrons. The fourth-order valence-electron chi connectivity index (χ4n) is 3.89. The van der Waals surface area contributed by atoms with Crippen molar-refractivity contribution in [1.29, 1.82) is 0 Å². The molecule has 1 aliphatic carbocycles. The van der Waals surface area contributed by atoms with Crippen LogP contribution in [0.3, 0.4) is 0 Å². The zero-order valence-corrected chi connectivity index (χ0v) is 11.8. The monoisotopic (exact) mass is 250 g/mol. The van der Waals surface area contributed by atoms with Crippen LogP contribution in [0.5, 0.6) is 0 Å². The topological polar surface area (TPSA) is 32.3 Å². The van der Waals surface area contributed by atoms with Gasteiger partial charge in [0.25, 0.3) is 0 Å². The van der Waals surface area contributed by atoms with E-state index in [-0.39, 0.29) is 0 Å². The molecule has 3 nitrogen and oxygen atoms in total. The number of rotatable bonds is 2. The predicted octanol–water partition coefficient (Wildman–Crippen LogP) is 2.02. The molecule has 3 aliphatic rings. The summed E-state index contributed by atoms with van der Waals surface area (Å²) >= 11 is 0. The summed E-state index contributed by atoms with van der Waals surface area (Å²) in [4.78, 5) is 14.7. The Bertz CT molecular complexity index is 342. The Morgan fingerprint density at radius 1 is 1.33 bits per heavy atom. The van der Waals surface area contributed by atoms with Crippen LogP contribution in [0.15, 0.2) is 0 Å². The van der Waals surface area contributed by atoms with Crippen LogP contribution in [0, 0.1) is 16.7 Å². The van der Waals surface area contributed by atoms with Gasteiger partial charge in [-0.2, -0.15) is 0 Å². The number of nitrogens with one attached hydrogen (secondary N) is 1. The third kappa shape index (κ3) is 1.97. The Morgan fingerprint density at radius 2 is 2.06 bits per heavy atom. The molecule has 2 atom stereocenters. The van der Waals surface area contributed by atoms with E-state index < -0.39 is 0 Å². The molecule has 2 unspecified atom stereocenters. The van der Waals surface area contributed by atoms with Crippen LogP contribution in [0.1, 0.15) is 46.0 Å². The lowest BCUT2D eigenvalue weighted by Crippen LogP contribution is -2.36. The maximum absolute atomic E-state index is 12.6. The minimum atomic E-state index is 0.360. The summed E-state index contributed by atoms with van der Waals surface area (Å²) in [7, 11) is 0. The highest BCUT2D eigenvalue weighted by Crippen LogP contribution is 2.59. The minimum absolute atomic E-state index is 0.360. The van der Waals surface area contributed by atoms with E-state index in [4.69, 9.17) is 0 Å². The van der Waals surface area contributed by atoms with E-state index in [0.29, 0.717) is 22.7 Å². The van der Waals surface area contributed by atoms with Crippen LogP contribution < -0.4 is 5.32 Å². The molecule has 3 rings (SSSR count). The molecule has 0 aromatic heterocycles. The lowest BCUT2D eigenvalue weighted by molar-refractivity contribution is -0.133. The standard InChI is InChI=1S/C15H26N2O/c1-3-14(2)6-9-17(11-14)13(18)12-10-15(12)4-7-16-8-5-15/h12,16H,3-11H2,1-2H3. The van der Waals surface area contributed by atoms with Crippen molar-refractivity contribution in [1.82, 2.24) is 10.2 Å². The van der Waals surface area contributed by atoms with E-state index >= 15 is 0 Å². The molecule has 0 aromatic rings. The zero-order chi connectivity index (χ0) is 12.8. The molecule has 3 heteroatoms. The second-order valence-corrected chi connectivity index (χ2v) is 7.04. The number of carbonyl (C=O) groups is 1. The summed E-state index contributed by atoms with van der Waals surface area (Å²) in [5.74, 6) is 0.827. The second kappa shape index (κ2) is 4.22. The molecule has 0 bridgehead atoms. The molecule has 0 aromatic carbocycles. The van der Waals surface area contributed by atoms with Gasteiger partial charge >= 0.3 is 0 Å². The van der Waals surface area contributed by atoms with Gasteiger partial charge in [-0.15, -0.1) is 0 Å². The fourth-order valence-corrected chi connectivity index (χ4v) is 3.89. The Balaban J connectivity index is 1.60. The van der Waals surface area contributed by atoms with Crippen LogP contribution in [0.4, 0.5) is 0 Å². The number of piperidine rings is 1. The number of hydrogen-bond donors (Lipinski definition) is 1. The van der Waals surface area contributed by atoms with Crippen molar-refractivity contribution in [3.63, 3.8) is 0 Å². The van der Waals surface area contributed by atoms with Gasteiger partial charge in [0, 0.05) is 19.0 Å². The molecule has 1 spiro atoms. The first-order chi connectivity index (χ1) is 8.59. The molecule has 1 N–H and O–H groups in total. The summed E-state index contributed by atoms with van der Waals surface area (Å²) in [6, 6.07) is 0. The molecule has 3 fully saturated rings. The van der Waals surface area contributed by atoms with Crippen LogP contribution in [0.2, 0.25) is 0 Å². The molecular formula is C15H26N2O. The van der Waals surface area contributed by atoms with Gasteiger partial charge in [-0.05, 0) is 56.0 Å². The summed E-state index contributed by atoms with van der Waals surface area (Å²) in [5, 5.41) is 3.41. The Morgan fingerprint density at radius 3 is 2.67 bits per heavy atom. The van der Waals surface area contributed by atoms with Gasteiger partial charge < -0.3 is 10.2 Å². The first-order valence-corrected chi connectivity index (χ1v) is 7.58. The van der Waals surface area contributed by atoms with Crippen molar-refractivity contribution in [2.75, 3.05) is 26.2 Å². The molecule has 18 heavy (non-hydrogen) atoms. The van der Waals surface area contributed by atoms with Crippen LogP contribution in [-0.4, -0.2) is 37.0 Å². The number of amides is 1. The van der Waals surface area contributed by atoms with Gasteiger partial charge in [0.15, 0.2) is 0 Å². The van der Waals surface area contributed by atoms with E-state index in [1.807, 2.05) is 0 Å². The van der Waals surface area contributed by atoms with Gasteiger partial charge in [-0.1, -0.05) is 13.8 Å². The molecule has 2 aliphatic heterocycles. The van der Waals surface area contributed by atoms with Gasteiger partial charge in [0.2, 0.25) is 5.91 Å². The Hall–Kier alpha value is -0.570. The van der Waals surface area contributed by atoms with Crippen molar-refractivity contribution >= 4 is 5.91 Å². The minimum Gasteiger partial charge on any atom is -0.342 e. The third-order valence-corrected chi connectivity index (χ3v) is 5.81. The highest BCUT2D eigenvalue weighted by Gasteiger charge is 2.59. The van der Waals surface area contributed by atoms with Crippen molar-refractivity contribution in [2.24, 2.45) is 16.7 Å². The van der Waals surface area contributed by atoms with Gasteiger partial charge in [0.05, 0.1) is 0 Å². The summed E-state index contributed by atoms with van der Waals surface area (Å²) in [6.45, 7) is 8.78. The molecule has 2 heterocycles. The van der Waals surface area contributed by atoms with E-state index in [2.05, 4.69) is 24.1 Å². The lowest BCUT2D eigenvalue weighted by Gasteiger charge is -2.26. The molecular weight excluding hydrogens is 224 g/mol. The quantitative estimate of drug-likeness (QED) is 0.813. The van der Waals surface area contributed by atoms with Gasteiger partial charge in [0.1, 0.15) is 0 Å². The number of likely N-dealkylation sites (tertiary alicyclic amines) is 1. The smallest absolute Gasteiger partial charge is 0.226 e. The normalized spacial score (nSPS) is 38.1. The highest BCUT2D eigenvalue weighted by atomic mass is 16.2. The second-order valence-electron chi connectivity index (χ2n) is 7.04. The van der Waals surface area contributed by atoms with Crippen molar-refractivity contribution in [2.45, 2.75) is 46.0 Å². The summed E-state index contributed by atoms with van der Waals surface area (Å²) in [6.07, 6.45) is 5.96. The van der Waals surface area contributed by atoms with Gasteiger partial charge in [-0.3, -0.25) is 4.79 Å². The van der Waals surface area contributed by atoms with Crippen LogP contribution in [-0.2, 0) is 4.79 Å². The molecule has 102 valence electrons. The summed E-state index contributed by atoms with van der Waals surface area (Å²) < 4.78 is 0. The first kappa shape index (κ1) is 12.5. The SMILES string of the molecule is CCC1(C)CCN(C(=O)C2CC23CCNCC3)C1. The van der Waals surface area contributed by atoms with Crippen LogP contribution in [0.25, 0.3) is 0 Å². The van der Waals surface area contributed by atoms with Crippen molar-refractivity contribution in [3.05, 3.63) is 0 Å². The van der Waals surface area contributed by atoms with E-state index in [1.165, 1.54) is 25.7 Å². The first-order valence-electron chi connectivity index (χ1n) is 7.58. The van der Waals surface area contributed by atoms with E-state index in [9.17, 15) is 4.79 Å². The Labute approximate surface area is 110 Å². The predicted molar refractivity (Wildman–Crippen MR) is 72.2 cm³/mol. The maximum atomic E-state index is 12.6. The molecule has 1 saturated carbocycles.